The summed E-state index contributed by atoms with van der Waals surface area (Å²) in [5, 5.41) is 0. The van der Waals surface area contributed by atoms with E-state index in [4.69, 9.17) is 0 Å². The van der Waals surface area contributed by atoms with E-state index in [0.717, 1.165) is 11.8 Å². The normalized spacial score (nSPS) is 13.4. The highest BCUT2D eigenvalue weighted by molar-refractivity contribution is 4.59. The second-order valence-electron chi connectivity index (χ2n) is 12.5. The van der Waals surface area contributed by atoms with E-state index >= 15 is 0 Å². The topological polar surface area (TPSA) is 0 Å². The van der Waals surface area contributed by atoms with Crippen LogP contribution in [0.2, 0.25) is 0 Å². The summed E-state index contributed by atoms with van der Waals surface area (Å²) in [6.07, 6.45) is 42.6. The summed E-state index contributed by atoms with van der Waals surface area (Å²) in [4.78, 5) is 0. The molecule has 0 nitrogen and oxygen atoms in total. The highest BCUT2D eigenvalue weighted by atomic mass is 14.1. The van der Waals surface area contributed by atoms with Crippen LogP contribution in [-0.4, -0.2) is 0 Å². The minimum absolute atomic E-state index is 0.956. The van der Waals surface area contributed by atoms with Crippen LogP contribution in [0.5, 0.6) is 0 Å². The van der Waals surface area contributed by atoms with Crippen molar-refractivity contribution >= 4 is 0 Å². The van der Waals surface area contributed by atoms with Gasteiger partial charge in [0.25, 0.3) is 0 Å². The van der Waals surface area contributed by atoms with E-state index in [1.54, 1.807) is 0 Å². The molecule has 0 rings (SSSR count). The molecule has 0 fully saturated rings. The van der Waals surface area contributed by atoms with E-state index in [-0.39, 0.29) is 0 Å². The molecule has 0 aromatic rings. The monoisotopic (exact) mass is 493 g/mol. The van der Waals surface area contributed by atoms with Crippen molar-refractivity contribution in [1.29, 1.82) is 0 Å². The van der Waals surface area contributed by atoms with Crippen molar-refractivity contribution in [2.75, 3.05) is 0 Å². The smallest absolute Gasteiger partial charge is 0.0443 e. The lowest BCUT2D eigenvalue weighted by Crippen LogP contribution is -1.99. The van der Waals surface area contributed by atoms with Crippen LogP contribution in [0.15, 0.2) is 0 Å². The molecule has 0 saturated carbocycles. The van der Waals surface area contributed by atoms with Crippen molar-refractivity contribution < 1.29 is 0 Å². The first-order valence-corrected chi connectivity index (χ1v) is 17.2. The molecule has 0 radical (unpaired) electrons. The van der Waals surface area contributed by atoms with Gasteiger partial charge in [0, 0.05) is 0 Å². The maximum Gasteiger partial charge on any atom is -0.0443 e. The van der Waals surface area contributed by atoms with Gasteiger partial charge in [0.1, 0.15) is 0 Å². The molecule has 0 amide bonds. The first-order chi connectivity index (χ1) is 17.2. The van der Waals surface area contributed by atoms with Crippen LogP contribution in [-0.2, 0) is 0 Å². The predicted octanol–water partition coefficient (Wildman–Crippen LogP) is 13.6. The first kappa shape index (κ1) is 35.0. The Morgan fingerprint density at radius 1 is 0.257 bits per heavy atom. The van der Waals surface area contributed by atoms with Gasteiger partial charge in [-0.15, -0.1) is 0 Å². The second-order valence-corrected chi connectivity index (χ2v) is 12.5. The molecule has 0 N–H and O–H groups in total. The largest absolute Gasteiger partial charge is 0.0654 e. The molecule has 0 spiro atoms. The van der Waals surface area contributed by atoms with Crippen LogP contribution in [0.1, 0.15) is 214 Å². The standard InChI is InChI=1S/C35H72/c1-5-7-9-11-13-14-15-16-17-18-19-20-21-22-24-26-28-31-35(4)33-29-32-34(3)30-27-25-23-12-10-8-6-2/h34-35H,5-33H2,1-4H3. The lowest BCUT2D eigenvalue weighted by atomic mass is 9.92. The third kappa shape index (κ3) is 30.1. The van der Waals surface area contributed by atoms with Gasteiger partial charge in [-0.2, -0.15) is 0 Å². The average molecular weight is 493 g/mol. The zero-order chi connectivity index (χ0) is 25.7. The number of hydrogen-bond donors (Lipinski definition) is 0. The maximum absolute atomic E-state index is 2.51. The highest BCUT2D eigenvalue weighted by Gasteiger charge is 2.06. The van der Waals surface area contributed by atoms with Gasteiger partial charge in [0.15, 0.2) is 0 Å². The Kier molecular flexibility index (Phi) is 30.2. The minimum Gasteiger partial charge on any atom is -0.0654 e. The van der Waals surface area contributed by atoms with Crippen LogP contribution in [0.3, 0.4) is 0 Å². The number of unbranched alkanes of at least 4 members (excludes halogenated alkanes) is 22. The average Bonchev–Trinajstić information content (AvgIpc) is 2.85. The van der Waals surface area contributed by atoms with E-state index in [2.05, 4.69) is 27.7 Å². The van der Waals surface area contributed by atoms with Crippen LogP contribution in [0, 0.1) is 11.8 Å². The van der Waals surface area contributed by atoms with Crippen LogP contribution >= 0.6 is 0 Å². The number of rotatable bonds is 30. The molecule has 0 aliphatic heterocycles. The fourth-order valence-electron chi connectivity index (χ4n) is 5.77. The summed E-state index contributed by atoms with van der Waals surface area (Å²) in [5.74, 6) is 1.91. The van der Waals surface area contributed by atoms with Gasteiger partial charge in [-0.25, -0.2) is 0 Å². The Bertz CT molecular complexity index is 359. The van der Waals surface area contributed by atoms with Gasteiger partial charge in [-0.1, -0.05) is 214 Å². The molecule has 0 heteroatoms. The summed E-state index contributed by atoms with van der Waals surface area (Å²) in [6, 6.07) is 0. The molecule has 2 unspecified atom stereocenters. The van der Waals surface area contributed by atoms with Gasteiger partial charge in [0.05, 0.1) is 0 Å². The Labute approximate surface area is 225 Å². The molecule has 0 heterocycles. The van der Waals surface area contributed by atoms with Crippen molar-refractivity contribution in [1.82, 2.24) is 0 Å². The van der Waals surface area contributed by atoms with Gasteiger partial charge in [0.2, 0.25) is 0 Å². The van der Waals surface area contributed by atoms with E-state index in [1.165, 1.54) is 186 Å². The molecule has 0 aromatic heterocycles. The molecule has 212 valence electrons. The van der Waals surface area contributed by atoms with Crippen molar-refractivity contribution in [3.8, 4) is 0 Å². The van der Waals surface area contributed by atoms with Gasteiger partial charge >= 0.3 is 0 Å². The predicted molar refractivity (Wildman–Crippen MR) is 164 cm³/mol. The van der Waals surface area contributed by atoms with E-state index < -0.39 is 0 Å². The summed E-state index contributed by atoms with van der Waals surface area (Å²) in [6.45, 7) is 9.62. The van der Waals surface area contributed by atoms with Crippen molar-refractivity contribution in [3.05, 3.63) is 0 Å². The fraction of sp³-hybridized carbons (Fsp3) is 1.00. The Balaban J connectivity index is 3.23. The van der Waals surface area contributed by atoms with E-state index in [1.807, 2.05) is 0 Å². The van der Waals surface area contributed by atoms with Crippen molar-refractivity contribution in [2.45, 2.75) is 214 Å². The minimum atomic E-state index is 0.956. The third-order valence-electron chi connectivity index (χ3n) is 8.49. The molecular weight excluding hydrogens is 420 g/mol. The first-order valence-electron chi connectivity index (χ1n) is 17.2. The third-order valence-corrected chi connectivity index (χ3v) is 8.49. The van der Waals surface area contributed by atoms with Gasteiger partial charge in [-0.3, -0.25) is 0 Å². The summed E-state index contributed by atoms with van der Waals surface area (Å²) >= 11 is 0. The zero-order valence-corrected chi connectivity index (χ0v) is 25.7. The van der Waals surface area contributed by atoms with Gasteiger partial charge in [-0.05, 0) is 11.8 Å². The molecule has 35 heavy (non-hydrogen) atoms. The lowest BCUT2D eigenvalue weighted by Gasteiger charge is -2.14. The SMILES string of the molecule is CCCCCCCCCCCCCCCCCCCC(C)CCCC(C)CCCCCCCCC. The summed E-state index contributed by atoms with van der Waals surface area (Å²) < 4.78 is 0. The lowest BCUT2D eigenvalue weighted by molar-refractivity contribution is 0.390. The fourth-order valence-corrected chi connectivity index (χ4v) is 5.77. The molecular formula is C35H72. The van der Waals surface area contributed by atoms with Crippen LogP contribution in [0.25, 0.3) is 0 Å². The highest BCUT2D eigenvalue weighted by Crippen LogP contribution is 2.22. The quantitative estimate of drug-likeness (QED) is 0.0874. The van der Waals surface area contributed by atoms with E-state index in [9.17, 15) is 0 Å². The zero-order valence-electron chi connectivity index (χ0n) is 25.7. The Morgan fingerprint density at radius 2 is 0.457 bits per heavy atom. The maximum atomic E-state index is 2.51. The Hall–Kier alpha value is 0. The van der Waals surface area contributed by atoms with Crippen molar-refractivity contribution in [2.24, 2.45) is 11.8 Å². The molecule has 0 bridgehead atoms. The van der Waals surface area contributed by atoms with Crippen LogP contribution in [0.4, 0.5) is 0 Å². The van der Waals surface area contributed by atoms with E-state index in [0.29, 0.717) is 0 Å². The molecule has 2 atom stereocenters. The molecule has 0 aliphatic rings. The number of hydrogen-bond acceptors (Lipinski definition) is 0. The molecule has 0 aromatic carbocycles. The summed E-state index contributed by atoms with van der Waals surface area (Å²) in [7, 11) is 0. The van der Waals surface area contributed by atoms with Crippen molar-refractivity contribution in [3.63, 3.8) is 0 Å². The molecule has 0 aliphatic carbocycles. The van der Waals surface area contributed by atoms with Gasteiger partial charge < -0.3 is 0 Å². The Morgan fingerprint density at radius 3 is 0.714 bits per heavy atom. The summed E-state index contributed by atoms with van der Waals surface area (Å²) in [5.41, 5.74) is 0. The van der Waals surface area contributed by atoms with Crippen LogP contribution < -0.4 is 0 Å². The second kappa shape index (κ2) is 30.2. The molecule has 0 saturated heterocycles.